The minimum Gasteiger partial charge on any atom is -0.495 e. The predicted octanol–water partition coefficient (Wildman–Crippen LogP) is 3.10. The second kappa shape index (κ2) is 9.83. The molecule has 1 aliphatic heterocycles. The highest BCUT2D eigenvalue weighted by atomic mass is 35.5. The van der Waals surface area contributed by atoms with Gasteiger partial charge < -0.3 is 19.9 Å². The number of carbonyl (C=O) groups excluding carboxylic acids is 3. The van der Waals surface area contributed by atoms with Gasteiger partial charge in [-0.15, -0.1) is 0 Å². The van der Waals surface area contributed by atoms with Crippen LogP contribution in [-0.4, -0.2) is 54.8 Å². The summed E-state index contributed by atoms with van der Waals surface area (Å²) >= 11 is 5.98. The van der Waals surface area contributed by atoms with Crippen LogP contribution in [-0.2, 0) is 20.9 Å². The number of benzene rings is 2. The Morgan fingerprint density at radius 2 is 1.94 bits per heavy atom. The molecule has 164 valence electrons. The second-order valence-corrected chi connectivity index (χ2v) is 8.18. The van der Waals surface area contributed by atoms with Crippen molar-refractivity contribution in [2.45, 2.75) is 19.9 Å². The fourth-order valence-corrected chi connectivity index (χ4v) is 3.75. The lowest BCUT2D eigenvalue weighted by Crippen LogP contribution is -2.39. The fraction of sp³-hybridized carbons (Fsp3) is 0.348. The smallest absolute Gasteiger partial charge is 0.244 e. The highest BCUT2D eigenvalue weighted by Crippen LogP contribution is 2.28. The number of nitrogens with one attached hydrogen (secondary N) is 1. The lowest BCUT2D eigenvalue weighted by molar-refractivity contribution is -0.137. The third kappa shape index (κ3) is 5.76. The second-order valence-electron chi connectivity index (χ2n) is 7.75. The maximum absolute atomic E-state index is 12.8. The third-order valence-electron chi connectivity index (χ3n) is 5.25. The lowest BCUT2D eigenvalue weighted by Gasteiger charge is -2.21. The highest BCUT2D eigenvalue weighted by molar-refractivity contribution is 6.31. The van der Waals surface area contributed by atoms with Crippen molar-refractivity contribution in [2.75, 3.05) is 32.6 Å². The van der Waals surface area contributed by atoms with E-state index in [1.807, 2.05) is 31.2 Å². The predicted molar refractivity (Wildman–Crippen MR) is 119 cm³/mol. The molecule has 0 aromatic heterocycles. The summed E-state index contributed by atoms with van der Waals surface area (Å²) in [5.41, 5.74) is 2.61. The van der Waals surface area contributed by atoms with Crippen molar-refractivity contribution in [3.8, 4) is 5.75 Å². The average Bonchev–Trinajstić information content (AvgIpc) is 3.09. The van der Waals surface area contributed by atoms with Gasteiger partial charge >= 0.3 is 0 Å². The molecular formula is C23H26ClN3O4. The Balaban J connectivity index is 1.56. The number of ether oxygens (including phenoxy) is 1. The van der Waals surface area contributed by atoms with Crippen LogP contribution in [0.4, 0.5) is 5.69 Å². The van der Waals surface area contributed by atoms with Gasteiger partial charge in [0.2, 0.25) is 17.7 Å². The summed E-state index contributed by atoms with van der Waals surface area (Å²) in [4.78, 5) is 40.7. The molecule has 1 fully saturated rings. The Kier molecular flexibility index (Phi) is 7.17. The first kappa shape index (κ1) is 22.6. The van der Waals surface area contributed by atoms with E-state index >= 15 is 0 Å². The summed E-state index contributed by atoms with van der Waals surface area (Å²) < 4.78 is 5.22. The molecule has 3 amide bonds. The molecule has 2 aromatic carbocycles. The molecule has 0 aliphatic carbocycles. The molecular weight excluding hydrogens is 418 g/mol. The van der Waals surface area contributed by atoms with Crippen LogP contribution >= 0.6 is 11.6 Å². The number of aryl methyl sites for hydroxylation is 1. The molecule has 0 saturated carbocycles. The van der Waals surface area contributed by atoms with Crippen LogP contribution in [0.2, 0.25) is 5.02 Å². The van der Waals surface area contributed by atoms with Crippen LogP contribution in [0, 0.1) is 12.8 Å². The van der Waals surface area contributed by atoms with Crippen molar-refractivity contribution < 1.29 is 19.1 Å². The summed E-state index contributed by atoms with van der Waals surface area (Å²) in [5, 5.41) is 3.17. The lowest BCUT2D eigenvalue weighted by atomic mass is 10.1. The van der Waals surface area contributed by atoms with Gasteiger partial charge in [0, 0.05) is 31.6 Å². The molecule has 0 spiro atoms. The Labute approximate surface area is 186 Å². The van der Waals surface area contributed by atoms with Crippen molar-refractivity contribution in [1.29, 1.82) is 0 Å². The number of methoxy groups -OCH3 is 1. The maximum Gasteiger partial charge on any atom is 0.244 e. The van der Waals surface area contributed by atoms with Crippen molar-refractivity contribution in [1.82, 2.24) is 9.80 Å². The van der Waals surface area contributed by atoms with Crippen LogP contribution in [0.15, 0.2) is 42.5 Å². The van der Waals surface area contributed by atoms with E-state index < -0.39 is 5.92 Å². The molecule has 31 heavy (non-hydrogen) atoms. The number of nitrogens with zero attached hydrogens (tertiary/aromatic N) is 2. The minimum atomic E-state index is -0.462. The van der Waals surface area contributed by atoms with E-state index in [1.165, 1.54) is 12.0 Å². The molecule has 0 radical (unpaired) electrons. The Hall–Kier alpha value is -3.06. The van der Waals surface area contributed by atoms with Crippen LogP contribution < -0.4 is 10.1 Å². The van der Waals surface area contributed by atoms with Gasteiger partial charge in [0.15, 0.2) is 0 Å². The Morgan fingerprint density at radius 1 is 1.23 bits per heavy atom. The summed E-state index contributed by atoms with van der Waals surface area (Å²) in [7, 11) is 3.05. The van der Waals surface area contributed by atoms with Crippen molar-refractivity contribution in [2.24, 2.45) is 5.92 Å². The van der Waals surface area contributed by atoms with E-state index in [0.717, 1.165) is 11.1 Å². The minimum absolute atomic E-state index is 0.0551. The van der Waals surface area contributed by atoms with E-state index in [2.05, 4.69) is 5.32 Å². The van der Waals surface area contributed by atoms with Gasteiger partial charge in [-0.3, -0.25) is 14.4 Å². The standard InChI is InChI=1S/C23H26ClN3O4/c1-15-4-6-16(7-5-15)12-27-13-17(10-22(27)29)23(30)26(2)14-21(28)25-19-11-18(24)8-9-20(19)31-3/h4-9,11,17H,10,12-14H2,1-3H3,(H,25,28)/t17-/m0/s1. The van der Waals surface area contributed by atoms with Gasteiger partial charge in [0.1, 0.15) is 5.75 Å². The van der Waals surface area contributed by atoms with Crippen molar-refractivity contribution in [3.05, 3.63) is 58.6 Å². The van der Waals surface area contributed by atoms with Crippen LogP contribution in [0.25, 0.3) is 0 Å². The number of rotatable bonds is 7. The van der Waals surface area contributed by atoms with Crippen LogP contribution in [0.1, 0.15) is 17.5 Å². The van der Waals surface area contributed by atoms with E-state index in [0.29, 0.717) is 29.5 Å². The van der Waals surface area contributed by atoms with E-state index in [9.17, 15) is 14.4 Å². The normalized spacial score (nSPS) is 15.7. The Bertz CT molecular complexity index is 977. The number of amides is 3. The molecule has 1 aliphatic rings. The fourth-order valence-electron chi connectivity index (χ4n) is 3.58. The SMILES string of the molecule is COc1ccc(Cl)cc1NC(=O)CN(C)C(=O)[C@H]1CC(=O)N(Cc2ccc(C)cc2)C1. The molecule has 1 atom stereocenters. The van der Waals surface area contributed by atoms with Gasteiger partial charge in [-0.25, -0.2) is 0 Å². The van der Waals surface area contributed by atoms with Crippen molar-refractivity contribution >= 4 is 35.0 Å². The quantitative estimate of drug-likeness (QED) is 0.713. The first-order valence-electron chi connectivity index (χ1n) is 9.98. The summed E-state index contributed by atoms with van der Waals surface area (Å²) in [6.07, 6.45) is 0.152. The van der Waals surface area contributed by atoms with Gasteiger partial charge in [-0.2, -0.15) is 0 Å². The molecule has 7 nitrogen and oxygen atoms in total. The summed E-state index contributed by atoms with van der Waals surface area (Å²) in [6.45, 7) is 2.69. The summed E-state index contributed by atoms with van der Waals surface area (Å²) in [5.74, 6) is -0.651. The number of hydrogen-bond acceptors (Lipinski definition) is 4. The molecule has 1 heterocycles. The number of carbonyl (C=O) groups is 3. The monoisotopic (exact) mass is 443 g/mol. The molecule has 8 heteroatoms. The number of halogens is 1. The molecule has 1 saturated heterocycles. The number of likely N-dealkylation sites (N-methyl/N-ethyl adjacent to an activating group) is 1. The topological polar surface area (TPSA) is 79.0 Å². The largest absolute Gasteiger partial charge is 0.495 e. The number of likely N-dealkylation sites (tertiary alicyclic amines) is 1. The first-order chi connectivity index (χ1) is 14.8. The van der Waals surface area contributed by atoms with Gasteiger partial charge in [-0.05, 0) is 30.7 Å². The average molecular weight is 444 g/mol. The highest BCUT2D eigenvalue weighted by Gasteiger charge is 2.36. The van der Waals surface area contributed by atoms with Gasteiger partial charge in [0.05, 0.1) is 25.3 Å². The summed E-state index contributed by atoms with van der Waals surface area (Å²) in [6, 6.07) is 12.9. The zero-order valence-electron chi connectivity index (χ0n) is 17.9. The molecule has 0 bridgehead atoms. The first-order valence-corrected chi connectivity index (χ1v) is 10.4. The molecule has 1 N–H and O–H groups in total. The molecule has 2 aromatic rings. The van der Waals surface area contributed by atoms with Crippen LogP contribution in [0.3, 0.4) is 0 Å². The number of anilines is 1. The van der Waals surface area contributed by atoms with E-state index in [-0.39, 0.29) is 30.7 Å². The number of hydrogen-bond donors (Lipinski definition) is 1. The zero-order chi connectivity index (χ0) is 22.5. The third-order valence-corrected chi connectivity index (χ3v) is 5.49. The van der Waals surface area contributed by atoms with Crippen LogP contribution in [0.5, 0.6) is 5.75 Å². The van der Waals surface area contributed by atoms with Crippen molar-refractivity contribution in [3.63, 3.8) is 0 Å². The molecule has 3 rings (SSSR count). The Morgan fingerprint density at radius 3 is 2.61 bits per heavy atom. The molecule has 0 unspecified atom stereocenters. The van der Waals surface area contributed by atoms with E-state index in [4.69, 9.17) is 16.3 Å². The van der Waals surface area contributed by atoms with E-state index in [1.54, 1.807) is 30.1 Å². The van der Waals surface area contributed by atoms with Gasteiger partial charge in [-0.1, -0.05) is 41.4 Å². The van der Waals surface area contributed by atoms with Gasteiger partial charge in [0.25, 0.3) is 0 Å². The maximum atomic E-state index is 12.8. The zero-order valence-corrected chi connectivity index (χ0v) is 18.6.